The average Bonchev–Trinajstić information content (AvgIpc) is 2.61. The first-order valence-corrected chi connectivity index (χ1v) is 8.24. The number of hydrogen-bond acceptors (Lipinski definition) is 3. The maximum Gasteiger partial charge on any atom is 0.251 e. The maximum absolute atomic E-state index is 12.5. The molecule has 2 aromatic rings. The summed E-state index contributed by atoms with van der Waals surface area (Å²) in [7, 11) is 3.29. The van der Waals surface area contributed by atoms with Crippen LogP contribution in [0.3, 0.4) is 0 Å². The van der Waals surface area contributed by atoms with E-state index in [9.17, 15) is 4.79 Å². The average molecular weight is 325 g/mol. The summed E-state index contributed by atoms with van der Waals surface area (Å²) < 4.78 is 10.7. The second-order valence-corrected chi connectivity index (χ2v) is 6.25. The van der Waals surface area contributed by atoms with Crippen molar-refractivity contribution in [3.05, 3.63) is 59.7 Å². The van der Waals surface area contributed by atoms with Gasteiger partial charge < -0.3 is 14.8 Å². The van der Waals surface area contributed by atoms with Crippen molar-refractivity contribution in [2.45, 2.75) is 24.7 Å². The molecule has 0 bridgehead atoms. The molecule has 0 spiro atoms. The minimum absolute atomic E-state index is 0.0267. The Hall–Kier alpha value is -2.49. The Morgan fingerprint density at radius 1 is 1.08 bits per heavy atom. The van der Waals surface area contributed by atoms with E-state index < -0.39 is 0 Å². The molecule has 0 aliphatic heterocycles. The molecule has 1 amide bonds. The van der Waals surface area contributed by atoms with Gasteiger partial charge in [0.15, 0.2) is 0 Å². The van der Waals surface area contributed by atoms with Crippen molar-refractivity contribution in [2.75, 3.05) is 20.8 Å². The SMILES string of the molecule is COc1cccc(C(=O)NCC2(c3ccccc3OC)CCC2)c1. The van der Waals surface area contributed by atoms with Crippen LogP contribution < -0.4 is 14.8 Å². The highest BCUT2D eigenvalue weighted by Crippen LogP contribution is 2.46. The van der Waals surface area contributed by atoms with Crippen LogP contribution in [0.4, 0.5) is 0 Å². The summed E-state index contributed by atoms with van der Waals surface area (Å²) in [5.74, 6) is 1.51. The summed E-state index contributed by atoms with van der Waals surface area (Å²) in [6, 6.07) is 15.3. The number of methoxy groups -OCH3 is 2. The number of benzene rings is 2. The number of hydrogen-bond donors (Lipinski definition) is 1. The minimum atomic E-state index is -0.0740. The van der Waals surface area contributed by atoms with Gasteiger partial charge in [-0.3, -0.25) is 4.79 Å². The zero-order valence-electron chi connectivity index (χ0n) is 14.2. The van der Waals surface area contributed by atoms with Crippen molar-refractivity contribution in [3.8, 4) is 11.5 Å². The van der Waals surface area contributed by atoms with Gasteiger partial charge in [-0.25, -0.2) is 0 Å². The molecule has 1 saturated carbocycles. The van der Waals surface area contributed by atoms with Crippen molar-refractivity contribution < 1.29 is 14.3 Å². The molecular formula is C20H23NO3. The third-order valence-corrected chi connectivity index (χ3v) is 4.91. The third-order valence-electron chi connectivity index (χ3n) is 4.91. The molecule has 0 heterocycles. The highest BCUT2D eigenvalue weighted by atomic mass is 16.5. The van der Waals surface area contributed by atoms with Crippen LogP contribution in [-0.2, 0) is 5.41 Å². The summed E-state index contributed by atoms with van der Waals surface area (Å²) in [5.41, 5.74) is 1.77. The van der Waals surface area contributed by atoms with Gasteiger partial charge >= 0.3 is 0 Å². The van der Waals surface area contributed by atoms with Gasteiger partial charge in [0, 0.05) is 23.1 Å². The Kier molecular flexibility index (Phi) is 4.74. The first-order chi connectivity index (χ1) is 11.7. The van der Waals surface area contributed by atoms with Crippen LogP contribution in [0.2, 0.25) is 0 Å². The quantitative estimate of drug-likeness (QED) is 0.883. The Labute approximate surface area is 142 Å². The smallest absolute Gasteiger partial charge is 0.251 e. The van der Waals surface area contributed by atoms with E-state index in [0.717, 1.165) is 18.6 Å². The van der Waals surface area contributed by atoms with Crippen molar-refractivity contribution in [2.24, 2.45) is 0 Å². The van der Waals surface area contributed by atoms with Gasteiger partial charge in [-0.2, -0.15) is 0 Å². The van der Waals surface area contributed by atoms with Crippen LogP contribution in [0, 0.1) is 0 Å². The molecule has 126 valence electrons. The molecule has 3 rings (SSSR count). The van der Waals surface area contributed by atoms with Crippen molar-refractivity contribution in [1.29, 1.82) is 0 Å². The normalized spacial score (nSPS) is 15.2. The van der Waals surface area contributed by atoms with Gasteiger partial charge in [0.25, 0.3) is 5.91 Å². The first-order valence-electron chi connectivity index (χ1n) is 8.24. The molecule has 1 aliphatic carbocycles. The lowest BCUT2D eigenvalue weighted by Gasteiger charge is -2.43. The second-order valence-electron chi connectivity index (χ2n) is 6.25. The molecule has 24 heavy (non-hydrogen) atoms. The number of nitrogens with one attached hydrogen (secondary N) is 1. The topological polar surface area (TPSA) is 47.6 Å². The lowest BCUT2D eigenvalue weighted by molar-refractivity contribution is 0.0926. The van der Waals surface area contributed by atoms with Crippen LogP contribution in [0.1, 0.15) is 35.2 Å². The van der Waals surface area contributed by atoms with Gasteiger partial charge in [0.05, 0.1) is 14.2 Å². The summed E-state index contributed by atoms with van der Waals surface area (Å²) >= 11 is 0. The van der Waals surface area contributed by atoms with Crippen LogP contribution in [0.25, 0.3) is 0 Å². The number of rotatable bonds is 6. The van der Waals surface area contributed by atoms with E-state index in [0.29, 0.717) is 17.9 Å². The number of amides is 1. The lowest BCUT2D eigenvalue weighted by Crippen LogP contribution is -2.45. The van der Waals surface area contributed by atoms with Crippen LogP contribution in [0.15, 0.2) is 48.5 Å². The van der Waals surface area contributed by atoms with E-state index in [2.05, 4.69) is 11.4 Å². The van der Waals surface area contributed by atoms with Crippen LogP contribution in [-0.4, -0.2) is 26.7 Å². The highest BCUT2D eigenvalue weighted by Gasteiger charge is 2.40. The molecule has 0 saturated heterocycles. The van der Waals surface area contributed by atoms with Gasteiger partial charge in [-0.05, 0) is 37.1 Å². The fourth-order valence-corrected chi connectivity index (χ4v) is 3.34. The van der Waals surface area contributed by atoms with E-state index in [1.54, 1.807) is 26.4 Å². The molecule has 2 aromatic carbocycles. The van der Waals surface area contributed by atoms with Crippen LogP contribution >= 0.6 is 0 Å². The molecule has 0 unspecified atom stereocenters. The summed E-state index contributed by atoms with van der Waals surface area (Å²) in [5, 5.41) is 3.09. The molecule has 4 heteroatoms. The monoisotopic (exact) mass is 325 g/mol. The number of carbonyl (C=O) groups excluding carboxylic acids is 1. The Morgan fingerprint density at radius 3 is 2.54 bits per heavy atom. The number of carbonyl (C=O) groups is 1. The predicted octanol–water partition coefficient (Wildman–Crippen LogP) is 3.56. The predicted molar refractivity (Wildman–Crippen MR) is 93.9 cm³/mol. The molecule has 0 atom stereocenters. The zero-order valence-corrected chi connectivity index (χ0v) is 14.2. The van der Waals surface area contributed by atoms with E-state index in [4.69, 9.17) is 9.47 Å². The van der Waals surface area contributed by atoms with Gasteiger partial charge in [0.2, 0.25) is 0 Å². The lowest BCUT2D eigenvalue weighted by atomic mass is 9.64. The maximum atomic E-state index is 12.5. The molecule has 4 nitrogen and oxygen atoms in total. The van der Waals surface area contributed by atoms with E-state index in [-0.39, 0.29) is 11.3 Å². The van der Waals surface area contributed by atoms with Gasteiger partial charge in [0.1, 0.15) is 11.5 Å². The third kappa shape index (κ3) is 3.09. The summed E-state index contributed by atoms with van der Waals surface area (Å²) in [4.78, 5) is 12.5. The summed E-state index contributed by atoms with van der Waals surface area (Å²) in [6.07, 6.45) is 3.30. The fourth-order valence-electron chi connectivity index (χ4n) is 3.34. The minimum Gasteiger partial charge on any atom is -0.497 e. The van der Waals surface area contributed by atoms with Crippen molar-refractivity contribution in [3.63, 3.8) is 0 Å². The van der Waals surface area contributed by atoms with Gasteiger partial charge in [-0.15, -0.1) is 0 Å². The molecule has 0 aromatic heterocycles. The van der Waals surface area contributed by atoms with E-state index in [1.807, 2.05) is 30.3 Å². The largest absolute Gasteiger partial charge is 0.497 e. The zero-order chi connectivity index (χ0) is 17.0. The Balaban J connectivity index is 1.75. The molecule has 1 fully saturated rings. The summed E-state index contributed by atoms with van der Waals surface area (Å²) in [6.45, 7) is 0.615. The molecule has 1 N–H and O–H groups in total. The number of ether oxygens (including phenoxy) is 2. The first kappa shape index (κ1) is 16.4. The molecule has 1 aliphatic rings. The standard InChI is InChI=1S/C20H23NO3/c1-23-16-8-5-7-15(13-16)19(22)21-14-20(11-6-12-20)17-9-3-4-10-18(17)24-2/h3-5,7-10,13H,6,11-12,14H2,1-2H3,(H,21,22). The highest BCUT2D eigenvalue weighted by molar-refractivity contribution is 5.94. The van der Waals surface area contributed by atoms with Gasteiger partial charge in [-0.1, -0.05) is 30.7 Å². The fraction of sp³-hybridized carbons (Fsp3) is 0.350. The molecule has 0 radical (unpaired) electrons. The van der Waals surface area contributed by atoms with Crippen LogP contribution in [0.5, 0.6) is 11.5 Å². The Morgan fingerprint density at radius 2 is 1.88 bits per heavy atom. The van der Waals surface area contributed by atoms with E-state index >= 15 is 0 Å². The second kappa shape index (κ2) is 6.95. The molecular weight excluding hydrogens is 302 g/mol. The van der Waals surface area contributed by atoms with E-state index in [1.165, 1.54) is 12.0 Å². The Bertz CT molecular complexity index is 722. The number of para-hydroxylation sites is 1. The van der Waals surface area contributed by atoms with Crippen molar-refractivity contribution >= 4 is 5.91 Å². The van der Waals surface area contributed by atoms with Crippen molar-refractivity contribution in [1.82, 2.24) is 5.32 Å².